The molecule has 1 aromatic heterocycles. The standard InChI is InChI=1S/C20H17ClN2O2/c1-2-11-23(14-15-7-4-3-5-8-15)20(24)18-13-19(25-22-18)16-9-6-10-17(21)12-16/h2-10,12-13H,1,11,14H2. The second-order valence-electron chi connectivity index (χ2n) is 5.55. The van der Waals surface area contributed by atoms with Crippen LogP contribution in [-0.2, 0) is 6.54 Å². The third-order valence-corrected chi connectivity index (χ3v) is 3.93. The number of rotatable bonds is 6. The van der Waals surface area contributed by atoms with Crippen LogP contribution >= 0.6 is 11.6 Å². The lowest BCUT2D eigenvalue weighted by atomic mass is 10.1. The van der Waals surface area contributed by atoms with E-state index in [-0.39, 0.29) is 11.6 Å². The third-order valence-electron chi connectivity index (χ3n) is 3.69. The van der Waals surface area contributed by atoms with Crippen molar-refractivity contribution >= 4 is 17.5 Å². The molecule has 25 heavy (non-hydrogen) atoms. The molecule has 3 rings (SSSR count). The molecule has 0 saturated heterocycles. The molecule has 5 heteroatoms. The van der Waals surface area contributed by atoms with Crippen LogP contribution in [0.25, 0.3) is 11.3 Å². The van der Waals surface area contributed by atoms with Gasteiger partial charge in [-0.2, -0.15) is 0 Å². The summed E-state index contributed by atoms with van der Waals surface area (Å²) >= 11 is 6.00. The van der Waals surface area contributed by atoms with Gasteiger partial charge in [-0.1, -0.05) is 65.3 Å². The predicted molar refractivity (Wildman–Crippen MR) is 98.3 cm³/mol. The third kappa shape index (κ3) is 4.17. The second kappa shape index (κ2) is 7.81. The van der Waals surface area contributed by atoms with Crippen LogP contribution in [0.5, 0.6) is 0 Å². The predicted octanol–water partition coefficient (Wildman–Crippen LogP) is 4.82. The lowest BCUT2D eigenvalue weighted by molar-refractivity contribution is 0.0752. The monoisotopic (exact) mass is 352 g/mol. The fourth-order valence-electron chi connectivity index (χ4n) is 2.49. The summed E-state index contributed by atoms with van der Waals surface area (Å²) in [6.45, 7) is 4.63. The normalized spacial score (nSPS) is 10.4. The van der Waals surface area contributed by atoms with Crippen molar-refractivity contribution in [1.82, 2.24) is 10.1 Å². The zero-order valence-electron chi connectivity index (χ0n) is 13.6. The summed E-state index contributed by atoms with van der Waals surface area (Å²) in [5.74, 6) is 0.296. The Morgan fingerprint density at radius 3 is 2.68 bits per heavy atom. The fraction of sp³-hybridized carbons (Fsp3) is 0.100. The highest BCUT2D eigenvalue weighted by atomic mass is 35.5. The number of hydrogen-bond acceptors (Lipinski definition) is 3. The van der Waals surface area contributed by atoms with Crippen LogP contribution in [-0.4, -0.2) is 22.5 Å². The van der Waals surface area contributed by atoms with Gasteiger partial charge in [0.05, 0.1) is 0 Å². The van der Waals surface area contributed by atoms with Crippen LogP contribution in [0, 0.1) is 0 Å². The number of carbonyl (C=O) groups excluding carboxylic acids is 1. The molecule has 0 aliphatic rings. The molecule has 1 heterocycles. The number of halogens is 1. The van der Waals surface area contributed by atoms with Crippen LogP contribution in [0.15, 0.2) is 77.8 Å². The fourth-order valence-corrected chi connectivity index (χ4v) is 2.68. The Bertz CT molecular complexity index is 874. The molecular weight excluding hydrogens is 336 g/mol. The number of hydrogen-bond donors (Lipinski definition) is 0. The first-order chi connectivity index (χ1) is 12.2. The SMILES string of the molecule is C=CCN(Cc1ccccc1)C(=O)c1cc(-c2cccc(Cl)c2)on1. The van der Waals surface area contributed by atoms with E-state index >= 15 is 0 Å². The van der Waals surface area contributed by atoms with E-state index in [2.05, 4.69) is 11.7 Å². The van der Waals surface area contributed by atoms with Gasteiger partial charge >= 0.3 is 0 Å². The summed E-state index contributed by atoms with van der Waals surface area (Å²) in [5, 5.41) is 4.52. The number of nitrogens with zero attached hydrogens (tertiary/aromatic N) is 2. The Kier molecular flexibility index (Phi) is 5.31. The Morgan fingerprint density at radius 2 is 1.96 bits per heavy atom. The van der Waals surface area contributed by atoms with Gasteiger partial charge < -0.3 is 9.42 Å². The molecule has 4 nitrogen and oxygen atoms in total. The number of amides is 1. The van der Waals surface area contributed by atoms with Crippen molar-refractivity contribution in [3.05, 3.63) is 89.6 Å². The topological polar surface area (TPSA) is 46.3 Å². The Morgan fingerprint density at radius 1 is 1.16 bits per heavy atom. The first-order valence-electron chi connectivity index (χ1n) is 7.84. The summed E-state index contributed by atoms with van der Waals surface area (Å²) < 4.78 is 5.32. The molecule has 0 aliphatic heterocycles. The van der Waals surface area contributed by atoms with Crippen LogP contribution in [0.4, 0.5) is 0 Å². The number of benzene rings is 2. The van der Waals surface area contributed by atoms with Crippen molar-refractivity contribution in [2.75, 3.05) is 6.54 Å². The van der Waals surface area contributed by atoms with E-state index < -0.39 is 0 Å². The van der Waals surface area contributed by atoms with E-state index in [0.29, 0.717) is 23.9 Å². The molecule has 0 bridgehead atoms. The minimum Gasteiger partial charge on any atom is -0.355 e. The molecule has 0 saturated carbocycles. The van der Waals surface area contributed by atoms with Gasteiger partial charge in [-0.15, -0.1) is 6.58 Å². The lowest BCUT2D eigenvalue weighted by Gasteiger charge is -2.19. The molecule has 0 N–H and O–H groups in total. The molecule has 0 radical (unpaired) electrons. The van der Waals surface area contributed by atoms with Crippen molar-refractivity contribution in [2.24, 2.45) is 0 Å². The minimum absolute atomic E-state index is 0.208. The zero-order valence-corrected chi connectivity index (χ0v) is 14.3. The van der Waals surface area contributed by atoms with Crippen LogP contribution in [0.3, 0.4) is 0 Å². The number of aromatic nitrogens is 1. The molecular formula is C20H17ClN2O2. The minimum atomic E-state index is -0.208. The Balaban J connectivity index is 1.81. The highest BCUT2D eigenvalue weighted by molar-refractivity contribution is 6.30. The van der Waals surface area contributed by atoms with Crippen molar-refractivity contribution in [2.45, 2.75) is 6.54 Å². The quantitative estimate of drug-likeness (QED) is 0.597. The van der Waals surface area contributed by atoms with Gasteiger partial charge in [-0.3, -0.25) is 4.79 Å². The molecule has 126 valence electrons. The summed E-state index contributed by atoms with van der Waals surface area (Å²) in [7, 11) is 0. The van der Waals surface area contributed by atoms with Gasteiger partial charge in [0.2, 0.25) is 0 Å². The van der Waals surface area contributed by atoms with Crippen molar-refractivity contribution in [3.8, 4) is 11.3 Å². The summed E-state index contributed by atoms with van der Waals surface area (Å²) in [4.78, 5) is 14.4. The summed E-state index contributed by atoms with van der Waals surface area (Å²) in [5.41, 5.74) is 2.07. The van der Waals surface area contributed by atoms with Gasteiger partial charge in [0.1, 0.15) is 0 Å². The van der Waals surface area contributed by atoms with E-state index in [0.717, 1.165) is 11.1 Å². The smallest absolute Gasteiger partial charge is 0.276 e. The van der Waals surface area contributed by atoms with Gasteiger partial charge in [-0.05, 0) is 17.7 Å². The van der Waals surface area contributed by atoms with Gasteiger partial charge in [-0.25, -0.2) is 0 Å². The van der Waals surface area contributed by atoms with Crippen LogP contribution in [0.2, 0.25) is 5.02 Å². The highest BCUT2D eigenvalue weighted by Crippen LogP contribution is 2.24. The van der Waals surface area contributed by atoms with E-state index in [1.54, 1.807) is 29.2 Å². The molecule has 0 spiro atoms. The highest BCUT2D eigenvalue weighted by Gasteiger charge is 2.20. The molecule has 0 aliphatic carbocycles. The molecule has 2 aromatic carbocycles. The van der Waals surface area contributed by atoms with E-state index in [4.69, 9.17) is 16.1 Å². The summed E-state index contributed by atoms with van der Waals surface area (Å²) in [6, 6.07) is 18.6. The first-order valence-corrected chi connectivity index (χ1v) is 8.22. The van der Waals surface area contributed by atoms with Crippen molar-refractivity contribution < 1.29 is 9.32 Å². The van der Waals surface area contributed by atoms with Gasteiger partial charge in [0.15, 0.2) is 11.5 Å². The molecule has 0 fully saturated rings. The molecule has 0 atom stereocenters. The lowest BCUT2D eigenvalue weighted by Crippen LogP contribution is -2.30. The first kappa shape index (κ1) is 17.0. The zero-order chi connectivity index (χ0) is 17.6. The maximum absolute atomic E-state index is 12.8. The molecule has 0 unspecified atom stereocenters. The van der Waals surface area contributed by atoms with Gasteiger partial charge in [0, 0.05) is 29.7 Å². The van der Waals surface area contributed by atoms with Crippen molar-refractivity contribution in [3.63, 3.8) is 0 Å². The maximum Gasteiger partial charge on any atom is 0.276 e. The van der Waals surface area contributed by atoms with Crippen molar-refractivity contribution in [1.29, 1.82) is 0 Å². The molecule has 3 aromatic rings. The van der Waals surface area contributed by atoms with Crippen LogP contribution in [0.1, 0.15) is 16.1 Å². The summed E-state index contributed by atoms with van der Waals surface area (Å²) in [6.07, 6.45) is 1.69. The Hall–Kier alpha value is -2.85. The largest absolute Gasteiger partial charge is 0.355 e. The van der Waals surface area contributed by atoms with E-state index in [1.165, 1.54) is 0 Å². The van der Waals surface area contributed by atoms with Gasteiger partial charge in [0.25, 0.3) is 5.91 Å². The van der Waals surface area contributed by atoms with E-state index in [1.807, 2.05) is 42.5 Å². The average Bonchev–Trinajstić information content (AvgIpc) is 3.12. The van der Waals surface area contributed by atoms with Crippen LogP contribution < -0.4 is 0 Å². The maximum atomic E-state index is 12.8. The second-order valence-corrected chi connectivity index (χ2v) is 5.98. The molecule has 1 amide bonds. The Labute approximate surface area is 151 Å². The number of carbonyl (C=O) groups is 1. The average molecular weight is 353 g/mol. The van der Waals surface area contributed by atoms with E-state index in [9.17, 15) is 4.79 Å².